The van der Waals surface area contributed by atoms with E-state index < -0.39 is 6.10 Å². The van der Waals surface area contributed by atoms with Gasteiger partial charge in [-0.2, -0.15) is 0 Å². The highest BCUT2D eigenvalue weighted by molar-refractivity contribution is 5.00. The molecule has 1 nitrogen and oxygen atoms in total. The first-order valence-corrected chi connectivity index (χ1v) is 3.53. The summed E-state index contributed by atoms with van der Waals surface area (Å²) in [5.41, 5.74) is 2.32. The van der Waals surface area contributed by atoms with Crippen LogP contribution in [0.2, 0.25) is 0 Å². The summed E-state index contributed by atoms with van der Waals surface area (Å²) in [5, 5.41) is 9.47. The predicted molar refractivity (Wildman–Crippen MR) is 46.9 cm³/mol. The lowest BCUT2D eigenvalue weighted by atomic mass is 9.85. The van der Waals surface area contributed by atoms with Crippen LogP contribution < -0.4 is 0 Å². The van der Waals surface area contributed by atoms with Crippen molar-refractivity contribution in [1.29, 1.82) is 0 Å². The number of hydrogen-bond donors (Lipinski definition) is 1. The fraction of sp³-hybridized carbons (Fsp3) is 0.500. The smallest absolute Gasteiger partial charge is 0.0740 e. The van der Waals surface area contributed by atoms with E-state index in [0.717, 1.165) is 0 Å². The molecule has 0 bridgehead atoms. The van der Waals surface area contributed by atoms with Crippen molar-refractivity contribution in [3.63, 3.8) is 0 Å². The van der Waals surface area contributed by atoms with Crippen molar-refractivity contribution in [2.75, 3.05) is 0 Å². The number of rotatable bonds is 3. The predicted octanol–water partition coefficient (Wildman–Crippen LogP) is 1.74. The average molecular weight is 150 g/mol. The van der Waals surface area contributed by atoms with Crippen LogP contribution in [0, 0.1) is 17.8 Å². The summed E-state index contributed by atoms with van der Waals surface area (Å²) in [6.07, 6.45) is 6.65. The van der Waals surface area contributed by atoms with Crippen LogP contribution in [0.5, 0.6) is 0 Å². The van der Waals surface area contributed by atoms with Gasteiger partial charge in [-0.25, -0.2) is 0 Å². The molecular weight excluding hydrogens is 136 g/mol. The summed E-state index contributed by atoms with van der Waals surface area (Å²) in [7, 11) is 0. The molecule has 0 rings (SSSR count). The topological polar surface area (TPSA) is 20.2 Å². The number of aliphatic hydroxyl groups is 1. The molecule has 1 N–H and O–H groups in total. The molecule has 0 aliphatic rings. The maximum Gasteiger partial charge on any atom is 0.0740 e. The van der Waals surface area contributed by atoms with Crippen molar-refractivity contribution in [3.05, 3.63) is 18.4 Å². The summed E-state index contributed by atoms with van der Waals surface area (Å²) in [6.45, 7) is 7.24. The Morgan fingerprint density at radius 2 is 2.27 bits per heavy atom. The molecule has 0 fully saturated rings. The summed E-state index contributed by atoms with van der Waals surface area (Å²) >= 11 is 0. The first kappa shape index (κ1) is 10.0. The molecule has 11 heavy (non-hydrogen) atoms. The molecule has 0 aliphatic carbocycles. The van der Waals surface area contributed by atoms with E-state index in [4.69, 9.17) is 6.42 Å². The van der Waals surface area contributed by atoms with E-state index in [-0.39, 0.29) is 5.41 Å². The lowest BCUT2D eigenvalue weighted by Crippen LogP contribution is -2.26. The molecule has 0 aromatic carbocycles. The van der Waals surface area contributed by atoms with Gasteiger partial charge in [0.05, 0.1) is 6.10 Å². The Morgan fingerprint density at radius 1 is 1.73 bits per heavy atom. The molecule has 0 amide bonds. The van der Waals surface area contributed by atoms with Gasteiger partial charge in [0, 0.05) is 11.8 Å². The molecule has 0 spiro atoms. The maximum atomic E-state index is 9.47. The summed E-state index contributed by atoms with van der Waals surface area (Å²) in [5.74, 6) is 2.41. The van der Waals surface area contributed by atoms with E-state index >= 15 is 0 Å². The van der Waals surface area contributed by atoms with Gasteiger partial charge in [0.15, 0.2) is 0 Å². The van der Waals surface area contributed by atoms with Gasteiger partial charge in [0.2, 0.25) is 0 Å². The van der Waals surface area contributed by atoms with Crippen LogP contribution in [0.15, 0.2) is 18.4 Å². The van der Waals surface area contributed by atoms with Gasteiger partial charge in [-0.15, -0.1) is 18.1 Å². The highest BCUT2D eigenvalue weighted by Crippen LogP contribution is 2.23. The molecule has 0 heterocycles. The monoisotopic (exact) mass is 150 g/mol. The molecular formula is C10H14O. The van der Waals surface area contributed by atoms with Crippen LogP contribution in [0.4, 0.5) is 0 Å². The zero-order valence-electron chi connectivity index (χ0n) is 7.09. The lowest BCUT2D eigenvalue weighted by molar-refractivity contribution is 0.0869. The Kier molecular flexibility index (Phi) is 3.68. The van der Waals surface area contributed by atoms with Crippen molar-refractivity contribution in [3.8, 4) is 12.3 Å². The van der Waals surface area contributed by atoms with Crippen LogP contribution in [0.3, 0.4) is 0 Å². The molecule has 1 atom stereocenters. The third-order valence-electron chi connectivity index (χ3n) is 1.64. The minimum Gasteiger partial charge on any atom is -0.391 e. The van der Waals surface area contributed by atoms with Crippen molar-refractivity contribution in [2.45, 2.75) is 26.4 Å². The second-order valence-corrected chi connectivity index (χ2v) is 3.09. The van der Waals surface area contributed by atoms with E-state index in [0.29, 0.717) is 6.42 Å². The minimum atomic E-state index is -0.512. The number of terminal acetylenes is 1. The third-order valence-corrected chi connectivity index (χ3v) is 1.64. The van der Waals surface area contributed by atoms with Crippen LogP contribution >= 0.6 is 0 Å². The highest BCUT2D eigenvalue weighted by Gasteiger charge is 2.23. The Labute approximate surface area is 68.4 Å². The Balaban J connectivity index is 4.30. The van der Waals surface area contributed by atoms with Gasteiger partial charge in [-0.1, -0.05) is 20.4 Å². The quantitative estimate of drug-likeness (QED) is 0.480. The molecule has 1 heteroatoms. The van der Waals surface area contributed by atoms with E-state index in [1.54, 1.807) is 6.08 Å². The van der Waals surface area contributed by atoms with Crippen LogP contribution in [0.1, 0.15) is 20.3 Å². The fourth-order valence-corrected chi connectivity index (χ4v) is 0.734. The van der Waals surface area contributed by atoms with E-state index in [1.165, 1.54) is 0 Å². The van der Waals surface area contributed by atoms with Gasteiger partial charge >= 0.3 is 0 Å². The van der Waals surface area contributed by atoms with Gasteiger partial charge < -0.3 is 5.11 Å². The molecule has 0 saturated heterocycles. The molecule has 1 unspecified atom stereocenters. The van der Waals surface area contributed by atoms with Gasteiger partial charge in [-0.05, 0) is 6.08 Å². The van der Waals surface area contributed by atoms with E-state index in [1.807, 2.05) is 13.8 Å². The highest BCUT2D eigenvalue weighted by atomic mass is 16.3. The summed E-state index contributed by atoms with van der Waals surface area (Å²) < 4.78 is 0. The largest absolute Gasteiger partial charge is 0.391 e. The zero-order valence-corrected chi connectivity index (χ0v) is 7.09. The van der Waals surface area contributed by atoms with Gasteiger partial charge in [0.25, 0.3) is 0 Å². The Morgan fingerprint density at radius 3 is 2.64 bits per heavy atom. The third kappa shape index (κ3) is 3.09. The van der Waals surface area contributed by atoms with Gasteiger partial charge in [-0.3, -0.25) is 0 Å². The lowest BCUT2D eigenvalue weighted by Gasteiger charge is -2.24. The SMILES string of the molecule is C#CCC(O)C(C)(C)C=C=C. The molecule has 0 radical (unpaired) electrons. The normalized spacial score (nSPS) is 12.9. The molecule has 0 saturated carbocycles. The van der Waals surface area contributed by atoms with Crippen molar-refractivity contribution < 1.29 is 5.11 Å². The maximum absolute atomic E-state index is 9.47. The minimum absolute atomic E-state index is 0.325. The first-order chi connectivity index (χ1) is 5.04. The van der Waals surface area contributed by atoms with Crippen molar-refractivity contribution >= 4 is 0 Å². The average Bonchev–Trinajstić information content (AvgIpc) is 1.88. The summed E-state index contributed by atoms with van der Waals surface area (Å²) in [6, 6.07) is 0. The van der Waals surface area contributed by atoms with Crippen molar-refractivity contribution in [1.82, 2.24) is 0 Å². The van der Waals surface area contributed by atoms with E-state index in [9.17, 15) is 5.11 Å². The number of hydrogen-bond acceptors (Lipinski definition) is 1. The number of aliphatic hydroxyl groups excluding tert-OH is 1. The second-order valence-electron chi connectivity index (χ2n) is 3.09. The Hall–Kier alpha value is -0.960. The Bertz CT molecular complexity index is 201. The molecule has 60 valence electrons. The molecule has 0 aromatic rings. The van der Waals surface area contributed by atoms with Crippen LogP contribution in [0.25, 0.3) is 0 Å². The van der Waals surface area contributed by atoms with Crippen LogP contribution in [-0.4, -0.2) is 11.2 Å². The van der Waals surface area contributed by atoms with Crippen LogP contribution in [-0.2, 0) is 0 Å². The fourth-order valence-electron chi connectivity index (χ4n) is 0.734. The summed E-state index contributed by atoms with van der Waals surface area (Å²) in [4.78, 5) is 0. The second kappa shape index (κ2) is 4.03. The van der Waals surface area contributed by atoms with Gasteiger partial charge in [0.1, 0.15) is 0 Å². The molecule has 0 aromatic heterocycles. The zero-order chi connectivity index (χ0) is 8.91. The van der Waals surface area contributed by atoms with Crippen molar-refractivity contribution in [2.24, 2.45) is 5.41 Å². The molecule has 0 aliphatic heterocycles. The first-order valence-electron chi connectivity index (χ1n) is 3.53. The van der Waals surface area contributed by atoms with E-state index in [2.05, 4.69) is 18.2 Å². The standard InChI is InChI=1S/C10H14O/c1-5-7-9(11)10(3,4)8-6-2/h1,8-9,11H,2,7H2,3-4H3.